The van der Waals surface area contributed by atoms with Crippen LogP contribution in [0, 0.1) is 0 Å². The minimum Gasteiger partial charge on any atom is -0.444 e. The molecule has 0 aromatic heterocycles. The lowest BCUT2D eigenvalue weighted by atomic mass is 10.0. The van der Waals surface area contributed by atoms with Gasteiger partial charge in [0.15, 0.2) is 0 Å². The first-order chi connectivity index (χ1) is 10.8. The van der Waals surface area contributed by atoms with Crippen molar-refractivity contribution in [1.82, 2.24) is 0 Å². The van der Waals surface area contributed by atoms with E-state index in [1.807, 2.05) is 18.2 Å². The number of azo groups is 1. The first-order valence-corrected chi connectivity index (χ1v) is 8.21. The molecule has 2 aliphatic rings. The summed E-state index contributed by atoms with van der Waals surface area (Å²) in [5, 5.41) is 8.11. The second-order valence-corrected chi connectivity index (χ2v) is 6.02. The van der Waals surface area contributed by atoms with Crippen molar-refractivity contribution in [3.8, 4) is 0 Å². The van der Waals surface area contributed by atoms with Gasteiger partial charge in [-0.05, 0) is 36.1 Å². The van der Waals surface area contributed by atoms with Crippen LogP contribution < -0.4 is 4.90 Å². The highest BCUT2D eigenvalue weighted by Crippen LogP contribution is 2.28. The number of fused-ring (bicyclic) bond motifs is 1. The molecule has 118 valence electrons. The van der Waals surface area contributed by atoms with Gasteiger partial charge in [-0.25, -0.2) is 4.79 Å². The summed E-state index contributed by atoms with van der Waals surface area (Å²) in [7, 11) is 0. The molecule has 1 amide bonds. The predicted octanol–water partition coefficient (Wildman–Crippen LogP) is 4.45. The molecule has 3 rings (SSSR count). The van der Waals surface area contributed by atoms with Gasteiger partial charge < -0.3 is 4.74 Å². The Morgan fingerprint density at radius 3 is 2.82 bits per heavy atom. The molecule has 5 nitrogen and oxygen atoms in total. The van der Waals surface area contributed by atoms with E-state index in [1.165, 1.54) is 24.8 Å². The molecular weight excluding hydrogens is 278 g/mol. The maximum absolute atomic E-state index is 12.1. The van der Waals surface area contributed by atoms with Crippen molar-refractivity contribution >= 4 is 11.8 Å². The average molecular weight is 301 g/mol. The quantitative estimate of drug-likeness (QED) is 0.729. The Balaban J connectivity index is 1.62. The van der Waals surface area contributed by atoms with Crippen LogP contribution in [-0.4, -0.2) is 18.7 Å². The molecule has 0 spiro atoms. The molecule has 1 aromatic carbocycles. The number of hydrogen-bond donors (Lipinski definition) is 0. The molecule has 22 heavy (non-hydrogen) atoms. The highest BCUT2D eigenvalue weighted by molar-refractivity contribution is 5.89. The molecule has 1 fully saturated rings. The van der Waals surface area contributed by atoms with Crippen LogP contribution in [0.15, 0.2) is 28.4 Å². The van der Waals surface area contributed by atoms with Gasteiger partial charge in [0.25, 0.3) is 0 Å². The van der Waals surface area contributed by atoms with E-state index in [9.17, 15) is 4.79 Å². The van der Waals surface area contributed by atoms with Crippen molar-refractivity contribution in [2.75, 3.05) is 11.4 Å². The topological polar surface area (TPSA) is 54.3 Å². The van der Waals surface area contributed by atoms with Crippen molar-refractivity contribution in [2.45, 2.75) is 58.2 Å². The number of amides is 1. The molecule has 2 heterocycles. The van der Waals surface area contributed by atoms with E-state index in [0.717, 1.165) is 24.1 Å². The number of cyclic esters (lactones) is 1. The van der Waals surface area contributed by atoms with Gasteiger partial charge in [0.05, 0.1) is 19.6 Å². The molecule has 1 saturated heterocycles. The zero-order valence-electron chi connectivity index (χ0n) is 13.1. The van der Waals surface area contributed by atoms with E-state index in [4.69, 9.17) is 4.74 Å². The summed E-state index contributed by atoms with van der Waals surface area (Å²) in [5.41, 5.74) is 3.27. The molecule has 0 saturated carbocycles. The Morgan fingerprint density at radius 1 is 1.18 bits per heavy atom. The monoisotopic (exact) mass is 301 g/mol. The van der Waals surface area contributed by atoms with Crippen LogP contribution in [0.25, 0.3) is 0 Å². The van der Waals surface area contributed by atoms with Gasteiger partial charge in [0, 0.05) is 5.69 Å². The lowest BCUT2D eigenvalue weighted by Gasteiger charge is -2.17. The molecule has 1 aromatic rings. The third-order valence-corrected chi connectivity index (χ3v) is 4.34. The SMILES string of the molecule is CCCCCCC1CN(c2ccc3c(c2)CN=NC3)C(=O)O1. The molecule has 1 unspecified atom stereocenters. The normalized spacial score (nSPS) is 20.1. The van der Waals surface area contributed by atoms with Gasteiger partial charge >= 0.3 is 6.09 Å². The molecule has 0 aliphatic carbocycles. The van der Waals surface area contributed by atoms with Crippen molar-refractivity contribution in [2.24, 2.45) is 10.2 Å². The zero-order valence-corrected chi connectivity index (χ0v) is 13.1. The Morgan fingerprint density at radius 2 is 2.00 bits per heavy atom. The highest BCUT2D eigenvalue weighted by atomic mass is 16.6. The molecule has 0 bridgehead atoms. The third kappa shape index (κ3) is 3.29. The first kappa shape index (κ1) is 15.0. The van der Waals surface area contributed by atoms with Crippen molar-refractivity contribution < 1.29 is 9.53 Å². The highest BCUT2D eigenvalue weighted by Gasteiger charge is 2.32. The van der Waals surface area contributed by atoms with Crippen LogP contribution in [0.1, 0.15) is 50.2 Å². The number of anilines is 1. The predicted molar refractivity (Wildman–Crippen MR) is 85.1 cm³/mol. The van der Waals surface area contributed by atoms with E-state index in [0.29, 0.717) is 19.6 Å². The summed E-state index contributed by atoms with van der Waals surface area (Å²) in [6.07, 6.45) is 5.59. The maximum atomic E-state index is 12.1. The Labute approximate surface area is 131 Å². The Kier molecular flexibility index (Phi) is 4.71. The first-order valence-electron chi connectivity index (χ1n) is 8.21. The largest absolute Gasteiger partial charge is 0.444 e. The van der Waals surface area contributed by atoms with Gasteiger partial charge in [0.1, 0.15) is 6.10 Å². The summed E-state index contributed by atoms with van der Waals surface area (Å²) < 4.78 is 5.50. The minimum atomic E-state index is -0.224. The van der Waals surface area contributed by atoms with E-state index in [-0.39, 0.29) is 12.2 Å². The number of rotatable bonds is 6. The summed E-state index contributed by atoms with van der Waals surface area (Å²) in [6.45, 7) is 4.10. The fourth-order valence-corrected chi connectivity index (χ4v) is 3.02. The van der Waals surface area contributed by atoms with Crippen molar-refractivity contribution in [3.05, 3.63) is 29.3 Å². The van der Waals surface area contributed by atoms with Crippen LogP contribution >= 0.6 is 0 Å². The lowest BCUT2D eigenvalue weighted by molar-refractivity contribution is 0.135. The van der Waals surface area contributed by atoms with Gasteiger partial charge in [-0.3, -0.25) is 4.90 Å². The van der Waals surface area contributed by atoms with Crippen LogP contribution in [0.4, 0.5) is 10.5 Å². The minimum absolute atomic E-state index is 0.0278. The number of unbranched alkanes of at least 4 members (excludes halogenated alkanes) is 3. The molecule has 2 aliphatic heterocycles. The fourth-order valence-electron chi connectivity index (χ4n) is 3.02. The second kappa shape index (κ2) is 6.90. The number of carbonyl (C=O) groups excluding carboxylic acids is 1. The summed E-state index contributed by atoms with van der Waals surface area (Å²) in [4.78, 5) is 13.9. The third-order valence-electron chi connectivity index (χ3n) is 4.34. The standard InChI is InChI=1S/C17H23N3O2/c1-2-3-4-5-6-16-12-20(17(21)22-16)15-8-7-13-10-18-19-11-14(13)9-15/h7-9,16H,2-6,10-12H2,1H3. The zero-order chi connectivity index (χ0) is 15.4. The number of hydrogen-bond acceptors (Lipinski definition) is 4. The molecular formula is C17H23N3O2. The summed E-state index contributed by atoms with van der Waals surface area (Å²) in [5.74, 6) is 0. The smallest absolute Gasteiger partial charge is 0.414 e. The van der Waals surface area contributed by atoms with Gasteiger partial charge in [-0.2, -0.15) is 10.2 Å². The van der Waals surface area contributed by atoms with E-state index in [2.05, 4.69) is 17.2 Å². The maximum Gasteiger partial charge on any atom is 0.414 e. The molecule has 0 N–H and O–H groups in total. The van der Waals surface area contributed by atoms with Crippen LogP contribution in [0.5, 0.6) is 0 Å². The summed E-state index contributed by atoms with van der Waals surface area (Å²) in [6, 6.07) is 6.08. The number of nitrogens with zero attached hydrogens (tertiary/aromatic N) is 3. The van der Waals surface area contributed by atoms with E-state index >= 15 is 0 Å². The van der Waals surface area contributed by atoms with E-state index < -0.39 is 0 Å². The molecule has 1 atom stereocenters. The molecule has 5 heteroatoms. The van der Waals surface area contributed by atoms with Crippen molar-refractivity contribution in [3.63, 3.8) is 0 Å². The fraction of sp³-hybridized carbons (Fsp3) is 0.588. The Bertz CT molecular complexity index is 571. The van der Waals surface area contributed by atoms with Crippen molar-refractivity contribution in [1.29, 1.82) is 0 Å². The van der Waals surface area contributed by atoms with Gasteiger partial charge in [-0.1, -0.05) is 32.3 Å². The molecule has 0 radical (unpaired) electrons. The van der Waals surface area contributed by atoms with Crippen LogP contribution in [0.2, 0.25) is 0 Å². The second-order valence-electron chi connectivity index (χ2n) is 6.02. The Hall–Kier alpha value is -1.91. The van der Waals surface area contributed by atoms with Gasteiger partial charge in [-0.15, -0.1) is 0 Å². The van der Waals surface area contributed by atoms with Crippen LogP contribution in [0.3, 0.4) is 0 Å². The number of ether oxygens (including phenoxy) is 1. The average Bonchev–Trinajstić information content (AvgIpc) is 2.92. The van der Waals surface area contributed by atoms with Crippen LogP contribution in [-0.2, 0) is 17.8 Å². The number of carbonyl (C=O) groups is 1. The van der Waals surface area contributed by atoms with Gasteiger partial charge in [0.2, 0.25) is 0 Å². The number of benzene rings is 1. The van der Waals surface area contributed by atoms with E-state index in [1.54, 1.807) is 4.90 Å². The summed E-state index contributed by atoms with van der Waals surface area (Å²) >= 11 is 0. The lowest BCUT2D eigenvalue weighted by Crippen LogP contribution is -2.24.